The third-order valence-corrected chi connectivity index (χ3v) is 6.92. The number of fused-ring (bicyclic) bond motifs is 1. The number of nitrogens with one attached hydrogen (secondary N) is 3. The van der Waals surface area contributed by atoms with E-state index in [0.717, 1.165) is 51.3 Å². The second kappa shape index (κ2) is 13.5. The molecule has 9 heteroatoms. The van der Waals surface area contributed by atoms with E-state index in [4.69, 9.17) is 9.94 Å². The number of hydroxylamine groups is 1. The summed E-state index contributed by atoms with van der Waals surface area (Å²) in [7, 11) is 1.62. The summed E-state index contributed by atoms with van der Waals surface area (Å²) in [6.07, 6.45) is 8.99. The Hall–Kier alpha value is -4.08. The minimum Gasteiger partial charge on any atom is -0.493 e. The zero-order valence-corrected chi connectivity index (χ0v) is 22.1. The smallest absolute Gasteiger partial charge is 0.255 e. The average molecular weight is 530 g/mol. The van der Waals surface area contributed by atoms with Gasteiger partial charge in [0.2, 0.25) is 0 Å². The molecule has 0 unspecified atom stereocenters. The van der Waals surface area contributed by atoms with Gasteiger partial charge in [0, 0.05) is 34.1 Å². The van der Waals surface area contributed by atoms with Crippen molar-refractivity contribution < 1.29 is 14.7 Å². The predicted octanol–water partition coefficient (Wildman–Crippen LogP) is 6.07. The summed E-state index contributed by atoms with van der Waals surface area (Å²) in [4.78, 5) is 18.9. The first kappa shape index (κ1) is 27.0. The quantitative estimate of drug-likeness (QED) is 0.123. The van der Waals surface area contributed by atoms with Crippen molar-refractivity contribution in [1.82, 2.24) is 26.0 Å². The molecule has 0 aliphatic heterocycles. The van der Waals surface area contributed by atoms with Gasteiger partial charge in [0.25, 0.3) is 5.91 Å². The molecule has 2 aromatic heterocycles. The molecule has 0 saturated heterocycles. The van der Waals surface area contributed by atoms with E-state index >= 15 is 0 Å². The number of allylic oxidation sites excluding steroid dienone is 1. The SMILES string of the molecule is C=C(CCCCCOc1cccc(Sc2ccc3c(/C=C/c4ccccn4)n[nH]c3c2)c1C(=O)NC)NO. The molecule has 4 rings (SSSR count). The number of amides is 1. The zero-order chi connectivity index (χ0) is 26.7. The lowest BCUT2D eigenvalue weighted by molar-refractivity contribution is 0.0955. The summed E-state index contributed by atoms with van der Waals surface area (Å²) in [5.74, 6) is 0.360. The summed E-state index contributed by atoms with van der Waals surface area (Å²) in [5.41, 5.74) is 5.79. The van der Waals surface area contributed by atoms with Crippen molar-refractivity contribution in [2.45, 2.75) is 35.5 Å². The number of ether oxygens (including phenoxy) is 1. The van der Waals surface area contributed by atoms with E-state index in [1.165, 1.54) is 11.8 Å². The highest BCUT2D eigenvalue weighted by Crippen LogP contribution is 2.36. The molecule has 0 aliphatic carbocycles. The highest BCUT2D eigenvalue weighted by atomic mass is 32.2. The van der Waals surface area contributed by atoms with Gasteiger partial charge in [-0.25, -0.2) is 0 Å². The summed E-state index contributed by atoms with van der Waals surface area (Å²) in [6.45, 7) is 4.20. The molecule has 0 spiro atoms. The molecule has 2 aromatic carbocycles. The Labute approximate surface area is 226 Å². The third-order valence-electron chi connectivity index (χ3n) is 5.87. The van der Waals surface area contributed by atoms with Crippen LogP contribution >= 0.6 is 11.8 Å². The molecule has 0 atom stereocenters. The van der Waals surface area contributed by atoms with Gasteiger partial charge in [-0.1, -0.05) is 30.5 Å². The number of rotatable bonds is 13. The van der Waals surface area contributed by atoms with E-state index in [1.54, 1.807) is 13.2 Å². The minimum absolute atomic E-state index is 0.196. The Morgan fingerprint density at radius 3 is 2.82 bits per heavy atom. The van der Waals surface area contributed by atoms with Crippen LogP contribution < -0.4 is 15.5 Å². The van der Waals surface area contributed by atoms with Crippen molar-refractivity contribution in [2.24, 2.45) is 0 Å². The Bertz CT molecular complexity index is 1420. The van der Waals surface area contributed by atoms with Gasteiger partial charge in [-0.3, -0.25) is 25.6 Å². The van der Waals surface area contributed by atoms with Gasteiger partial charge in [0.05, 0.1) is 29.1 Å². The van der Waals surface area contributed by atoms with Crippen molar-refractivity contribution >= 4 is 40.7 Å². The van der Waals surface area contributed by atoms with Gasteiger partial charge < -0.3 is 10.1 Å². The first-order chi connectivity index (χ1) is 18.6. The van der Waals surface area contributed by atoms with Crippen molar-refractivity contribution in [3.05, 3.63) is 90.0 Å². The fourth-order valence-electron chi connectivity index (χ4n) is 3.90. The molecule has 0 aliphatic rings. The van der Waals surface area contributed by atoms with Crippen LogP contribution in [0.4, 0.5) is 0 Å². The summed E-state index contributed by atoms with van der Waals surface area (Å²) < 4.78 is 6.02. The van der Waals surface area contributed by atoms with Gasteiger partial charge in [-0.2, -0.15) is 5.10 Å². The molecule has 0 saturated carbocycles. The van der Waals surface area contributed by atoms with Gasteiger partial charge in [0.1, 0.15) is 5.75 Å². The van der Waals surface area contributed by atoms with Crippen LogP contribution in [0.15, 0.2) is 82.9 Å². The standard InChI is InChI=1S/C29H31N5O3S/c1-20(34-36)9-4-3-7-18-37-26-11-8-12-27(28(26)29(35)30-2)38-22-14-15-23-24(32-33-25(23)19-22)16-13-21-10-5-6-17-31-21/h5-6,8,10-17,19,34,36H,1,3-4,7,9,18H2,2H3,(H,30,35)(H,32,33)/b16-13+. The normalized spacial score (nSPS) is 11.1. The van der Waals surface area contributed by atoms with Crippen molar-refractivity contribution in [1.29, 1.82) is 0 Å². The van der Waals surface area contributed by atoms with Crippen LogP contribution in [-0.2, 0) is 0 Å². The van der Waals surface area contributed by atoms with E-state index in [1.807, 2.05) is 66.7 Å². The van der Waals surface area contributed by atoms with Gasteiger partial charge in [-0.05, 0) is 80.3 Å². The van der Waals surface area contributed by atoms with E-state index in [0.29, 0.717) is 30.0 Å². The minimum atomic E-state index is -0.196. The number of aromatic amines is 1. The zero-order valence-electron chi connectivity index (χ0n) is 21.2. The van der Waals surface area contributed by atoms with E-state index in [2.05, 4.69) is 32.6 Å². The maximum Gasteiger partial charge on any atom is 0.255 e. The highest BCUT2D eigenvalue weighted by molar-refractivity contribution is 7.99. The number of unbranched alkanes of at least 4 members (excludes halogenated alkanes) is 2. The van der Waals surface area contributed by atoms with Crippen LogP contribution in [0.2, 0.25) is 0 Å². The summed E-state index contributed by atoms with van der Waals surface area (Å²) in [6, 6.07) is 17.5. The first-order valence-corrected chi connectivity index (χ1v) is 13.2. The van der Waals surface area contributed by atoms with Gasteiger partial charge in [-0.15, -0.1) is 0 Å². The van der Waals surface area contributed by atoms with Crippen molar-refractivity contribution in [3.63, 3.8) is 0 Å². The van der Waals surface area contributed by atoms with Crippen LogP contribution in [0.1, 0.15) is 47.4 Å². The lowest BCUT2D eigenvalue weighted by Crippen LogP contribution is -2.20. The second-order valence-corrected chi connectivity index (χ2v) is 9.70. The fraction of sp³-hybridized carbons (Fsp3) is 0.207. The highest BCUT2D eigenvalue weighted by Gasteiger charge is 2.18. The Kier molecular flexibility index (Phi) is 9.55. The number of hydrogen-bond acceptors (Lipinski definition) is 7. The molecule has 4 aromatic rings. The number of carbonyl (C=O) groups is 1. The molecular formula is C29H31N5O3S. The van der Waals surface area contributed by atoms with Crippen molar-refractivity contribution in [3.8, 4) is 5.75 Å². The molecule has 2 heterocycles. The Morgan fingerprint density at radius 1 is 1.13 bits per heavy atom. The summed E-state index contributed by atoms with van der Waals surface area (Å²) >= 11 is 1.50. The predicted molar refractivity (Wildman–Crippen MR) is 151 cm³/mol. The van der Waals surface area contributed by atoms with Gasteiger partial charge >= 0.3 is 0 Å². The number of H-pyrrole nitrogens is 1. The maximum absolute atomic E-state index is 12.8. The number of hydrogen-bond donors (Lipinski definition) is 4. The number of pyridine rings is 1. The average Bonchev–Trinajstić information content (AvgIpc) is 3.36. The molecule has 0 radical (unpaired) electrons. The third kappa shape index (κ3) is 7.02. The molecular weight excluding hydrogens is 498 g/mol. The second-order valence-electron chi connectivity index (χ2n) is 8.59. The maximum atomic E-state index is 12.8. The lowest BCUT2D eigenvalue weighted by atomic mass is 10.1. The number of nitrogens with zero attached hydrogens (tertiary/aromatic N) is 2. The van der Waals surface area contributed by atoms with E-state index < -0.39 is 0 Å². The van der Waals surface area contributed by atoms with Crippen molar-refractivity contribution in [2.75, 3.05) is 13.7 Å². The van der Waals surface area contributed by atoms with Crippen LogP contribution in [0, 0.1) is 0 Å². The molecule has 0 bridgehead atoms. The van der Waals surface area contributed by atoms with E-state index in [9.17, 15) is 4.79 Å². The Balaban J connectivity index is 1.47. The fourth-order valence-corrected chi connectivity index (χ4v) is 4.91. The largest absolute Gasteiger partial charge is 0.493 e. The van der Waals surface area contributed by atoms with Crippen LogP contribution in [-0.4, -0.2) is 40.0 Å². The molecule has 0 fully saturated rings. The topological polar surface area (TPSA) is 112 Å². The Morgan fingerprint density at radius 2 is 2.03 bits per heavy atom. The molecule has 8 nitrogen and oxygen atoms in total. The number of carbonyl (C=O) groups excluding carboxylic acids is 1. The summed E-state index contributed by atoms with van der Waals surface area (Å²) in [5, 5.41) is 20.1. The van der Waals surface area contributed by atoms with Gasteiger partial charge in [0.15, 0.2) is 0 Å². The molecule has 1 amide bonds. The number of benzene rings is 2. The molecule has 38 heavy (non-hydrogen) atoms. The molecule has 196 valence electrons. The number of aromatic nitrogens is 3. The first-order valence-electron chi connectivity index (χ1n) is 12.4. The van der Waals surface area contributed by atoms with Crippen LogP contribution in [0.3, 0.4) is 0 Å². The van der Waals surface area contributed by atoms with Crippen LogP contribution in [0.5, 0.6) is 5.75 Å². The monoisotopic (exact) mass is 529 g/mol. The lowest BCUT2D eigenvalue weighted by Gasteiger charge is -2.14. The molecule has 4 N–H and O–H groups in total. The van der Waals surface area contributed by atoms with Crippen LogP contribution in [0.25, 0.3) is 23.1 Å². The van der Waals surface area contributed by atoms with E-state index in [-0.39, 0.29) is 5.91 Å².